The number of rotatable bonds is 10. The predicted octanol–water partition coefficient (Wildman–Crippen LogP) is 4.73. The second-order valence-electron chi connectivity index (χ2n) is 7.31. The average Bonchev–Trinajstić information content (AvgIpc) is 2.54. The lowest BCUT2D eigenvalue weighted by atomic mass is 10.0. The number of ketones is 1. The van der Waals surface area contributed by atoms with E-state index in [2.05, 4.69) is 0 Å². The fourth-order valence-corrected chi connectivity index (χ4v) is 4.00. The molecule has 160 valence electrons. The number of benzene rings is 1. The van der Waals surface area contributed by atoms with E-state index in [1.807, 2.05) is 26.9 Å². The van der Waals surface area contributed by atoms with Gasteiger partial charge in [-0.15, -0.1) is 0 Å². The summed E-state index contributed by atoms with van der Waals surface area (Å²) in [7, 11) is -6.16. The zero-order valence-corrected chi connectivity index (χ0v) is 19.8. The first-order chi connectivity index (χ1) is 12.7. The van der Waals surface area contributed by atoms with E-state index in [1.165, 1.54) is 13.0 Å². The Morgan fingerprint density at radius 1 is 1.32 bits per heavy atom. The maximum atomic E-state index is 15.0. The van der Waals surface area contributed by atoms with E-state index in [0.717, 1.165) is 6.26 Å². The van der Waals surface area contributed by atoms with Crippen LogP contribution in [-0.4, -0.2) is 42.0 Å². The Morgan fingerprint density at radius 2 is 1.89 bits per heavy atom. The van der Waals surface area contributed by atoms with Gasteiger partial charge in [0.15, 0.2) is 19.9 Å². The standard InChI is InChI=1S/C18H28ClFO6SSi/c1-8-24-18-13(12(4)21)9-14(19)17(20)16(18)15(26-27(5,22)23)10-25-28(6,7)11(2)3/h9,11,15H,8,10H2,1-7H3. The summed E-state index contributed by atoms with van der Waals surface area (Å²) in [4.78, 5) is 12.0. The minimum atomic E-state index is -3.97. The molecule has 1 aromatic carbocycles. The minimum Gasteiger partial charge on any atom is -0.493 e. The van der Waals surface area contributed by atoms with Gasteiger partial charge in [-0.3, -0.25) is 8.98 Å². The molecule has 0 amide bonds. The molecular formula is C18H28ClFO6SSi. The van der Waals surface area contributed by atoms with Gasteiger partial charge in [0, 0.05) is 0 Å². The van der Waals surface area contributed by atoms with Crippen LogP contribution < -0.4 is 4.74 Å². The Kier molecular flexibility index (Phi) is 8.64. The van der Waals surface area contributed by atoms with Crippen molar-refractivity contribution in [2.45, 2.75) is 52.4 Å². The van der Waals surface area contributed by atoms with Gasteiger partial charge in [0.25, 0.3) is 10.1 Å². The maximum absolute atomic E-state index is 15.0. The molecular weight excluding hydrogens is 427 g/mol. The maximum Gasteiger partial charge on any atom is 0.265 e. The van der Waals surface area contributed by atoms with Crippen LogP contribution in [0.1, 0.15) is 49.7 Å². The minimum absolute atomic E-state index is 0.0470. The van der Waals surface area contributed by atoms with Crippen LogP contribution in [-0.2, 0) is 18.7 Å². The van der Waals surface area contributed by atoms with Crippen LogP contribution in [0.15, 0.2) is 6.07 Å². The zero-order valence-electron chi connectivity index (χ0n) is 17.3. The number of ether oxygens (including phenoxy) is 1. The molecule has 0 N–H and O–H groups in total. The van der Waals surface area contributed by atoms with Gasteiger partial charge in [-0.1, -0.05) is 25.4 Å². The second kappa shape index (κ2) is 9.66. The molecule has 0 aliphatic heterocycles. The van der Waals surface area contributed by atoms with Gasteiger partial charge in [-0.25, -0.2) is 4.39 Å². The third kappa shape index (κ3) is 6.52. The first-order valence-electron chi connectivity index (χ1n) is 8.89. The molecule has 1 atom stereocenters. The van der Waals surface area contributed by atoms with E-state index in [9.17, 15) is 17.6 Å². The molecule has 0 saturated heterocycles. The molecule has 0 radical (unpaired) electrons. The van der Waals surface area contributed by atoms with Gasteiger partial charge < -0.3 is 9.16 Å². The highest BCUT2D eigenvalue weighted by molar-refractivity contribution is 7.86. The fraction of sp³-hybridized carbons (Fsp3) is 0.611. The van der Waals surface area contributed by atoms with Crippen LogP contribution >= 0.6 is 11.6 Å². The van der Waals surface area contributed by atoms with Crippen molar-refractivity contribution in [3.8, 4) is 5.75 Å². The monoisotopic (exact) mass is 454 g/mol. The number of halogens is 2. The van der Waals surface area contributed by atoms with Crippen molar-refractivity contribution in [2.75, 3.05) is 19.5 Å². The van der Waals surface area contributed by atoms with Crippen LogP contribution in [0, 0.1) is 5.82 Å². The van der Waals surface area contributed by atoms with E-state index in [4.69, 9.17) is 24.9 Å². The normalized spacial score (nSPS) is 13.6. The van der Waals surface area contributed by atoms with E-state index in [0.29, 0.717) is 0 Å². The number of hydrogen-bond acceptors (Lipinski definition) is 6. The quantitative estimate of drug-likeness (QED) is 0.289. The molecule has 1 unspecified atom stereocenters. The summed E-state index contributed by atoms with van der Waals surface area (Å²) >= 11 is 5.97. The molecule has 0 aliphatic rings. The molecule has 0 bridgehead atoms. The van der Waals surface area contributed by atoms with Crippen molar-refractivity contribution in [2.24, 2.45) is 0 Å². The van der Waals surface area contributed by atoms with Crippen molar-refractivity contribution in [3.05, 3.63) is 28.0 Å². The Labute approximate surface area is 172 Å². The summed E-state index contributed by atoms with van der Waals surface area (Å²) in [6.45, 7) is 10.8. The van der Waals surface area contributed by atoms with E-state index in [1.54, 1.807) is 6.92 Å². The molecule has 0 saturated carbocycles. The Balaban J connectivity index is 3.60. The zero-order chi connectivity index (χ0) is 21.9. The van der Waals surface area contributed by atoms with Crippen LogP contribution in [0.5, 0.6) is 5.75 Å². The summed E-state index contributed by atoms with van der Waals surface area (Å²) < 4.78 is 55.3. The van der Waals surface area contributed by atoms with E-state index in [-0.39, 0.29) is 40.7 Å². The van der Waals surface area contributed by atoms with Gasteiger partial charge in [0.1, 0.15) is 11.9 Å². The van der Waals surface area contributed by atoms with Crippen molar-refractivity contribution in [1.29, 1.82) is 0 Å². The van der Waals surface area contributed by atoms with Crippen LogP contribution in [0.2, 0.25) is 23.7 Å². The highest BCUT2D eigenvalue weighted by atomic mass is 35.5. The highest BCUT2D eigenvalue weighted by Gasteiger charge is 2.34. The molecule has 1 rings (SSSR count). The molecule has 0 fully saturated rings. The first kappa shape index (κ1) is 25.0. The Hall–Kier alpha value is -1.00. The largest absolute Gasteiger partial charge is 0.493 e. The number of Topliss-reactive ketones (excluding diaryl/α,β-unsaturated/α-hetero) is 1. The fourth-order valence-electron chi connectivity index (χ4n) is 2.31. The second-order valence-corrected chi connectivity index (χ2v) is 14.0. The van der Waals surface area contributed by atoms with E-state index >= 15 is 0 Å². The lowest BCUT2D eigenvalue weighted by Crippen LogP contribution is -2.36. The number of carbonyl (C=O) groups is 1. The van der Waals surface area contributed by atoms with Gasteiger partial charge in [-0.05, 0) is 38.5 Å². The van der Waals surface area contributed by atoms with Crippen LogP contribution in [0.25, 0.3) is 0 Å². The van der Waals surface area contributed by atoms with Crippen LogP contribution in [0.4, 0.5) is 4.39 Å². The molecule has 1 aromatic rings. The number of hydrogen-bond donors (Lipinski definition) is 0. The summed E-state index contributed by atoms with van der Waals surface area (Å²) in [5, 5.41) is -0.328. The Morgan fingerprint density at radius 3 is 2.32 bits per heavy atom. The molecule has 0 heterocycles. The lowest BCUT2D eigenvalue weighted by molar-refractivity contribution is 0.101. The molecule has 0 aliphatic carbocycles. The van der Waals surface area contributed by atoms with Crippen molar-refractivity contribution in [3.63, 3.8) is 0 Å². The third-order valence-electron chi connectivity index (χ3n) is 4.48. The molecule has 28 heavy (non-hydrogen) atoms. The SMILES string of the molecule is CCOc1c(C(C)=O)cc(Cl)c(F)c1C(CO[Si](C)(C)C(C)C)OS(C)(=O)=O. The number of carbonyl (C=O) groups excluding carboxylic acids is 1. The van der Waals surface area contributed by atoms with Crippen molar-refractivity contribution >= 4 is 35.8 Å². The average molecular weight is 455 g/mol. The topological polar surface area (TPSA) is 78.9 Å². The Bertz CT molecular complexity index is 826. The smallest absolute Gasteiger partial charge is 0.265 e. The third-order valence-corrected chi connectivity index (χ3v) is 9.03. The van der Waals surface area contributed by atoms with Crippen molar-refractivity contribution < 1.29 is 30.9 Å². The first-order valence-corrected chi connectivity index (χ1v) is 14.1. The summed E-state index contributed by atoms with van der Waals surface area (Å²) in [5.74, 6) is -1.39. The van der Waals surface area contributed by atoms with Gasteiger partial charge >= 0.3 is 0 Å². The van der Waals surface area contributed by atoms with Crippen LogP contribution in [0.3, 0.4) is 0 Å². The van der Waals surface area contributed by atoms with Gasteiger partial charge in [0.05, 0.1) is 35.6 Å². The summed E-state index contributed by atoms with van der Waals surface area (Å²) in [6.07, 6.45) is -0.487. The van der Waals surface area contributed by atoms with Crippen molar-refractivity contribution in [1.82, 2.24) is 0 Å². The highest BCUT2D eigenvalue weighted by Crippen LogP contribution is 2.39. The predicted molar refractivity (Wildman–Crippen MR) is 110 cm³/mol. The van der Waals surface area contributed by atoms with Gasteiger partial charge in [-0.2, -0.15) is 8.42 Å². The van der Waals surface area contributed by atoms with E-state index < -0.39 is 36.1 Å². The van der Waals surface area contributed by atoms with Gasteiger partial charge in [0.2, 0.25) is 0 Å². The summed E-state index contributed by atoms with van der Waals surface area (Å²) in [6, 6.07) is 1.17. The molecule has 0 spiro atoms. The summed E-state index contributed by atoms with van der Waals surface area (Å²) in [5.41, 5.74) is 0.0407. The molecule has 6 nitrogen and oxygen atoms in total. The lowest BCUT2D eigenvalue weighted by Gasteiger charge is -2.30. The molecule has 0 aromatic heterocycles. The molecule has 10 heteroatoms.